The van der Waals surface area contributed by atoms with Gasteiger partial charge < -0.3 is 4.74 Å². The van der Waals surface area contributed by atoms with E-state index in [1.807, 2.05) is 12.1 Å². The van der Waals surface area contributed by atoms with Crippen molar-refractivity contribution < 1.29 is 9.53 Å². The number of ketones is 1. The molecule has 0 amide bonds. The number of fused-ring (bicyclic) bond motifs is 1. The average molecular weight is 326 g/mol. The summed E-state index contributed by atoms with van der Waals surface area (Å²) in [7, 11) is 0. The van der Waals surface area contributed by atoms with E-state index in [2.05, 4.69) is 0 Å². The molecule has 0 N–H and O–H groups in total. The number of rotatable bonds is 1. The van der Waals surface area contributed by atoms with E-state index in [4.69, 9.17) is 39.5 Å². The van der Waals surface area contributed by atoms with Gasteiger partial charge in [-0.3, -0.25) is 4.79 Å². The number of hydrogen-bond donors (Lipinski definition) is 0. The Hall–Kier alpha value is -1.48. The van der Waals surface area contributed by atoms with Crippen molar-refractivity contribution in [1.29, 1.82) is 0 Å². The molecule has 2 aromatic rings. The third-order valence-corrected chi connectivity index (χ3v) is 3.72. The molecule has 0 spiro atoms. The van der Waals surface area contributed by atoms with Gasteiger partial charge in [0.25, 0.3) is 0 Å². The van der Waals surface area contributed by atoms with E-state index in [1.54, 1.807) is 24.3 Å². The van der Waals surface area contributed by atoms with Crippen molar-refractivity contribution in [2.24, 2.45) is 0 Å². The third-order valence-electron chi connectivity index (χ3n) is 2.88. The van der Waals surface area contributed by atoms with Gasteiger partial charge in [0.15, 0.2) is 11.5 Å². The van der Waals surface area contributed by atoms with Crippen molar-refractivity contribution >= 4 is 46.7 Å². The Balaban J connectivity index is 2.07. The second-order valence-electron chi connectivity index (χ2n) is 4.23. The van der Waals surface area contributed by atoms with E-state index < -0.39 is 0 Å². The summed E-state index contributed by atoms with van der Waals surface area (Å²) < 4.78 is 5.53. The van der Waals surface area contributed by atoms with Crippen LogP contribution in [-0.4, -0.2) is 5.78 Å². The van der Waals surface area contributed by atoms with Gasteiger partial charge in [0.1, 0.15) is 0 Å². The molecule has 0 aromatic heterocycles. The molecule has 0 aliphatic carbocycles. The number of halogens is 3. The smallest absolute Gasteiger partial charge is 0.232 e. The molecule has 0 unspecified atom stereocenters. The first kappa shape index (κ1) is 13.5. The summed E-state index contributed by atoms with van der Waals surface area (Å²) in [5.41, 5.74) is 1.06. The number of allylic oxidation sites excluding steroid dienone is 1. The molecule has 1 heterocycles. The number of carbonyl (C=O) groups is 1. The summed E-state index contributed by atoms with van der Waals surface area (Å²) in [6.07, 6.45) is 1.59. The Morgan fingerprint density at radius 2 is 1.75 bits per heavy atom. The van der Waals surface area contributed by atoms with Crippen LogP contribution in [-0.2, 0) is 0 Å². The van der Waals surface area contributed by atoms with E-state index in [0.717, 1.165) is 0 Å². The second-order valence-corrected chi connectivity index (χ2v) is 5.48. The lowest BCUT2D eigenvalue weighted by atomic mass is 10.1. The molecule has 0 atom stereocenters. The SMILES string of the molecule is O=C1/C(=C/c2ccccc2Cl)Oc2c(Cl)cc(Cl)cc21. The molecule has 1 aliphatic rings. The molecule has 20 heavy (non-hydrogen) atoms. The zero-order valence-electron chi connectivity index (χ0n) is 9.99. The van der Waals surface area contributed by atoms with Crippen LogP contribution in [0.2, 0.25) is 15.1 Å². The molecular formula is C15H7Cl3O2. The van der Waals surface area contributed by atoms with Gasteiger partial charge >= 0.3 is 0 Å². The summed E-state index contributed by atoms with van der Waals surface area (Å²) in [6, 6.07) is 10.3. The summed E-state index contributed by atoms with van der Waals surface area (Å²) in [5.74, 6) is 0.251. The van der Waals surface area contributed by atoms with E-state index in [9.17, 15) is 4.79 Å². The Morgan fingerprint density at radius 3 is 2.50 bits per heavy atom. The number of hydrogen-bond acceptors (Lipinski definition) is 2. The lowest BCUT2D eigenvalue weighted by molar-refractivity contribution is 0.101. The fourth-order valence-corrected chi connectivity index (χ4v) is 2.67. The zero-order valence-corrected chi connectivity index (χ0v) is 12.3. The fourth-order valence-electron chi connectivity index (χ4n) is 1.95. The molecule has 2 nitrogen and oxygen atoms in total. The van der Waals surface area contributed by atoms with Crippen molar-refractivity contribution in [2.45, 2.75) is 0 Å². The lowest BCUT2D eigenvalue weighted by Gasteiger charge is -2.01. The number of ether oxygens (including phenoxy) is 1. The average Bonchev–Trinajstić information content (AvgIpc) is 2.71. The molecular weight excluding hydrogens is 319 g/mol. The first-order chi connectivity index (χ1) is 9.56. The van der Waals surface area contributed by atoms with Crippen molar-refractivity contribution in [1.82, 2.24) is 0 Å². The quantitative estimate of drug-likeness (QED) is 0.668. The molecule has 1 aliphatic heterocycles. The minimum absolute atomic E-state index is 0.178. The lowest BCUT2D eigenvalue weighted by Crippen LogP contribution is -1.98. The monoisotopic (exact) mass is 324 g/mol. The van der Waals surface area contributed by atoms with Gasteiger partial charge in [-0.2, -0.15) is 0 Å². The van der Waals surface area contributed by atoms with Gasteiger partial charge in [-0.15, -0.1) is 0 Å². The highest BCUT2D eigenvalue weighted by atomic mass is 35.5. The van der Waals surface area contributed by atoms with Crippen LogP contribution in [0.25, 0.3) is 6.08 Å². The van der Waals surface area contributed by atoms with Gasteiger partial charge in [-0.05, 0) is 29.8 Å². The Bertz CT molecular complexity index is 751. The minimum atomic E-state index is -0.260. The summed E-state index contributed by atoms with van der Waals surface area (Å²) in [4.78, 5) is 12.3. The third kappa shape index (κ3) is 2.31. The summed E-state index contributed by atoms with van der Waals surface area (Å²) in [5, 5.41) is 1.24. The minimum Gasteiger partial charge on any atom is -0.451 e. The maximum Gasteiger partial charge on any atom is 0.232 e. The van der Waals surface area contributed by atoms with Crippen molar-refractivity contribution in [3.63, 3.8) is 0 Å². The second kappa shape index (κ2) is 5.13. The van der Waals surface area contributed by atoms with Gasteiger partial charge in [0, 0.05) is 10.0 Å². The van der Waals surface area contributed by atoms with Gasteiger partial charge in [-0.1, -0.05) is 53.0 Å². The molecule has 0 fully saturated rings. The normalized spacial score (nSPS) is 15.3. The Labute approximate surface area is 130 Å². The van der Waals surface area contributed by atoms with Crippen molar-refractivity contribution in [3.8, 4) is 5.75 Å². The molecule has 0 bridgehead atoms. The standard InChI is InChI=1S/C15H7Cl3O2/c16-9-6-10-14(19)13(20-15(10)12(18)7-9)5-8-3-1-2-4-11(8)17/h1-7H/b13-5-. The zero-order chi connectivity index (χ0) is 14.3. The van der Waals surface area contributed by atoms with Gasteiger partial charge in [0.05, 0.1) is 10.6 Å². The maximum atomic E-state index is 12.3. The van der Waals surface area contributed by atoms with Gasteiger partial charge in [-0.25, -0.2) is 0 Å². The molecule has 2 aromatic carbocycles. The molecule has 3 rings (SSSR count). The van der Waals surface area contributed by atoms with Crippen molar-refractivity contribution in [2.75, 3.05) is 0 Å². The van der Waals surface area contributed by atoms with Gasteiger partial charge in [0.2, 0.25) is 5.78 Å². The maximum absolute atomic E-state index is 12.3. The fraction of sp³-hybridized carbons (Fsp3) is 0. The van der Waals surface area contributed by atoms with Crippen LogP contribution in [0.5, 0.6) is 5.75 Å². The highest BCUT2D eigenvalue weighted by molar-refractivity contribution is 6.37. The van der Waals surface area contributed by atoms with E-state index >= 15 is 0 Å². The van der Waals surface area contributed by atoms with E-state index in [0.29, 0.717) is 31.9 Å². The topological polar surface area (TPSA) is 26.3 Å². The van der Waals surface area contributed by atoms with Crippen LogP contribution in [0, 0.1) is 0 Å². The van der Waals surface area contributed by atoms with Crippen LogP contribution in [0.4, 0.5) is 0 Å². The van der Waals surface area contributed by atoms with Crippen LogP contribution in [0.15, 0.2) is 42.2 Å². The van der Waals surface area contributed by atoms with Crippen LogP contribution < -0.4 is 4.74 Å². The van der Waals surface area contributed by atoms with E-state index in [1.165, 1.54) is 6.07 Å². The molecule has 100 valence electrons. The molecule has 5 heteroatoms. The molecule has 0 saturated carbocycles. The predicted octanol–water partition coefficient (Wildman–Crippen LogP) is 5.26. The first-order valence-electron chi connectivity index (χ1n) is 5.74. The molecule has 0 radical (unpaired) electrons. The van der Waals surface area contributed by atoms with Crippen LogP contribution in [0.1, 0.15) is 15.9 Å². The van der Waals surface area contributed by atoms with Crippen LogP contribution >= 0.6 is 34.8 Å². The first-order valence-corrected chi connectivity index (χ1v) is 6.87. The Morgan fingerprint density at radius 1 is 1.00 bits per heavy atom. The number of Topliss-reactive ketones (excluding diaryl/α,β-unsaturated/α-hetero) is 1. The molecule has 0 saturated heterocycles. The van der Waals surface area contributed by atoms with E-state index in [-0.39, 0.29) is 11.5 Å². The summed E-state index contributed by atoms with van der Waals surface area (Å²) >= 11 is 18.0. The predicted molar refractivity (Wildman–Crippen MR) is 80.8 cm³/mol. The summed E-state index contributed by atoms with van der Waals surface area (Å²) in [6.45, 7) is 0. The Kier molecular flexibility index (Phi) is 3.47. The number of benzene rings is 2. The highest BCUT2D eigenvalue weighted by Gasteiger charge is 2.30. The number of carbonyl (C=O) groups excluding carboxylic acids is 1. The van der Waals surface area contributed by atoms with Crippen LogP contribution in [0.3, 0.4) is 0 Å². The van der Waals surface area contributed by atoms with Crippen molar-refractivity contribution in [3.05, 3.63) is 68.4 Å². The largest absolute Gasteiger partial charge is 0.451 e. The highest BCUT2D eigenvalue weighted by Crippen LogP contribution is 2.40.